The Hall–Kier alpha value is -3.09. The van der Waals surface area contributed by atoms with Gasteiger partial charge in [-0.2, -0.15) is 0 Å². The molecule has 7 heteroatoms. The lowest BCUT2D eigenvalue weighted by Crippen LogP contribution is -2.32. The van der Waals surface area contributed by atoms with Crippen molar-refractivity contribution in [2.75, 3.05) is 39.8 Å². The molecule has 0 aromatic heterocycles. The van der Waals surface area contributed by atoms with Crippen LogP contribution in [0.1, 0.15) is 11.1 Å². The number of benzene rings is 2. The summed E-state index contributed by atoms with van der Waals surface area (Å²) in [6, 6.07) is 8.99. The van der Waals surface area contributed by atoms with Gasteiger partial charge in [0.15, 0.2) is 11.5 Å². The fourth-order valence-corrected chi connectivity index (χ4v) is 2.52. The Morgan fingerprint density at radius 1 is 0.926 bits per heavy atom. The SMILES string of the molecule is COc1cc(NC(=O)NCCOc2cc(C)ccc2C)cc(OC)c1OC. The Balaban J connectivity index is 1.89. The molecule has 27 heavy (non-hydrogen) atoms. The molecule has 0 saturated heterocycles. The molecule has 2 N–H and O–H groups in total. The van der Waals surface area contributed by atoms with Crippen LogP contribution in [0.15, 0.2) is 30.3 Å². The number of urea groups is 1. The number of aryl methyl sites for hydroxylation is 2. The van der Waals surface area contributed by atoms with E-state index >= 15 is 0 Å². The van der Waals surface area contributed by atoms with Gasteiger partial charge in [0, 0.05) is 12.1 Å². The van der Waals surface area contributed by atoms with Crippen LogP contribution in [0.3, 0.4) is 0 Å². The van der Waals surface area contributed by atoms with E-state index < -0.39 is 0 Å². The summed E-state index contributed by atoms with van der Waals surface area (Å²) in [5, 5.41) is 5.49. The van der Waals surface area contributed by atoms with Gasteiger partial charge in [-0.3, -0.25) is 0 Å². The van der Waals surface area contributed by atoms with Crippen LogP contribution in [0, 0.1) is 13.8 Å². The van der Waals surface area contributed by atoms with Crippen LogP contribution in [0.4, 0.5) is 10.5 Å². The van der Waals surface area contributed by atoms with E-state index in [-0.39, 0.29) is 6.03 Å². The molecule has 2 aromatic carbocycles. The maximum absolute atomic E-state index is 12.1. The third-order valence-electron chi connectivity index (χ3n) is 3.91. The van der Waals surface area contributed by atoms with E-state index in [4.69, 9.17) is 18.9 Å². The summed E-state index contributed by atoms with van der Waals surface area (Å²) < 4.78 is 21.5. The topological polar surface area (TPSA) is 78.1 Å². The van der Waals surface area contributed by atoms with Crippen molar-refractivity contribution in [1.29, 1.82) is 0 Å². The highest BCUT2D eigenvalue weighted by Gasteiger charge is 2.14. The fraction of sp³-hybridized carbons (Fsp3) is 0.350. The smallest absolute Gasteiger partial charge is 0.319 e. The van der Waals surface area contributed by atoms with Gasteiger partial charge in [0.2, 0.25) is 5.75 Å². The fourth-order valence-electron chi connectivity index (χ4n) is 2.52. The monoisotopic (exact) mass is 374 g/mol. The molecule has 146 valence electrons. The molecule has 0 unspecified atom stereocenters. The highest BCUT2D eigenvalue weighted by atomic mass is 16.5. The van der Waals surface area contributed by atoms with Crippen molar-refractivity contribution >= 4 is 11.7 Å². The van der Waals surface area contributed by atoms with Crippen LogP contribution in [0.25, 0.3) is 0 Å². The van der Waals surface area contributed by atoms with Crippen molar-refractivity contribution in [3.63, 3.8) is 0 Å². The van der Waals surface area contributed by atoms with Gasteiger partial charge in [0.25, 0.3) is 0 Å². The summed E-state index contributed by atoms with van der Waals surface area (Å²) in [5.41, 5.74) is 2.71. The Bertz CT molecular complexity index is 767. The molecule has 0 atom stereocenters. The van der Waals surface area contributed by atoms with Gasteiger partial charge in [-0.05, 0) is 31.0 Å². The number of hydrogen-bond acceptors (Lipinski definition) is 5. The van der Waals surface area contributed by atoms with Crippen LogP contribution in [-0.2, 0) is 0 Å². The summed E-state index contributed by atoms with van der Waals surface area (Å²) in [6.07, 6.45) is 0. The molecule has 0 radical (unpaired) electrons. The molecule has 2 amide bonds. The first-order chi connectivity index (χ1) is 13.0. The van der Waals surface area contributed by atoms with Gasteiger partial charge < -0.3 is 29.6 Å². The number of hydrogen-bond donors (Lipinski definition) is 2. The van der Waals surface area contributed by atoms with Crippen LogP contribution in [-0.4, -0.2) is 40.5 Å². The zero-order valence-corrected chi connectivity index (χ0v) is 16.3. The Labute approximate surface area is 159 Å². The number of anilines is 1. The highest BCUT2D eigenvalue weighted by molar-refractivity contribution is 5.90. The minimum atomic E-state index is -0.353. The molecule has 0 aliphatic heterocycles. The van der Waals surface area contributed by atoms with E-state index in [9.17, 15) is 4.79 Å². The minimum Gasteiger partial charge on any atom is -0.493 e. The maximum atomic E-state index is 12.1. The number of methoxy groups -OCH3 is 3. The summed E-state index contributed by atoms with van der Waals surface area (Å²) in [7, 11) is 4.56. The van der Waals surface area contributed by atoms with E-state index in [1.165, 1.54) is 21.3 Å². The van der Waals surface area contributed by atoms with E-state index in [0.29, 0.717) is 36.1 Å². The zero-order valence-electron chi connectivity index (χ0n) is 16.3. The lowest BCUT2D eigenvalue weighted by atomic mass is 10.1. The molecule has 0 spiro atoms. The number of rotatable bonds is 8. The third-order valence-corrected chi connectivity index (χ3v) is 3.91. The molecule has 2 rings (SSSR count). The van der Waals surface area contributed by atoms with Crippen molar-refractivity contribution in [3.05, 3.63) is 41.5 Å². The number of amides is 2. The summed E-state index contributed by atoms with van der Waals surface area (Å²) in [4.78, 5) is 12.1. The van der Waals surface area contributed by atoms with Gasteiger partial charge >= 0.3 is 6.03 Å². The lowest BCUT2D eigenvalue weighted by Gasteiger charge is -2.15. The average Bonchev–Trinajstić information content (AvgIpc) is 2.66. The Kier molecular flexibility index (Phi) is 7.16. The number of ether oxygens (including phenoxy) is 4. The van der Waals surface area contributed by atoms with Crippen molar-refractivity contribution in [2.24, 2.45) is 0 Å². The second kappa shape index (κ2) is 9.56. The first-order valence-electron chi connectivity index (χ1n) is 8.53. The number of nitrogens with one attached hydrogen (secondary N) is 2. The molecule has 0 aliphatic carbocycles. The second-order valence-corrected chi connectivity index (χ2v) is 5.91. The third kappa shape index (κ3) is 5.44. The molecule has 0 heterocycles. The minimum absolute atomic E-state index is 0.353. The molecular weight excluding hydrogens is 348 g/mol. The molecular formula is C20H26N2O5. The van der Waals surface area contributed by atoms with Gasteiger partial charge in [-0.1, -0.05) is 12.1 Å². The molecule has 0 fully saturated rings. The van der Waals surface area contributed by atoms with Crippen LogP contribution in [0.5, 0.6) is 23.0 Å². The van der Waals surface area contributed by atoms with Gasteiger partial charge in [0.1, 0.15) is 12.4 Å². The molecule has 2 aromatic rings. The first kappa shape index (κ1) is 20.2. The molecule has 7 nitrogen and oxygen atoms in total. The molecule has 0 saturated carbocycles. The van der Waals surface area contributed by atoms with Gasteiger partial charge in [-0.25, -0.2) is 4.79 Å². The lowest BCUT2D eigenvalue weighted by molar-refractivity contribution is 0.247. The van der Waals surface area contributed by atoms with Crippen molar-refractivity contribution in [3.8, 4) is 23.0 Å². The normalized spacial score (nSPS) is 10.1. The van der Waals surface area contributed by atoms with E-state index in [0.717, 1.165) is 16.9 Å². The molecule has 0 aliphatic rings. The van der Waals surface area contributed by atoms with Crippen molar-refractivity contribution in [1.82, 2.24) is 5.32 Å². The zero-order chi connectivity index (χ0) is 19.8. The highest BCUT2D eigenvalue weighted by Crippen LogP contribution is 2.39. The summed E-state index contributed by atoms with van der Waals surface area (Å²) in [6.45, 7) is 4.73. The predicted molar refractivity (Wildman–Crippen MR) is 105 cm³/mol. The maximum Gasteiger partial charge on any atom is 0.319 e. The quantitative estimate of drug-likeness (QED) is 0.691. The second-order valence-electron chi connectivity index (χ2n) is 5.91. The Morgan fingerprint density at radius 2 is 1.59 bits per heavy atom. The standard InChI is InChI=1S/C20H26N2O5/c1-13-6-7-14(2)16(10-13)27-9-8-21-20(23)22-15-11-17(24-3)19(26-5)18(12-15)25-4/h6-7,10-12H,8-9H2,1-5H3,(H2,21,22,23). The largest absolute Gasteiger partial charge is 0.493 e. The van der Waals surface area contributed by atoms with Crippen LogP contribution in [0.2, 0.25) is 0 Å². The van der Waals surface area contributed by atoms with Crippen molar-refractivity contribution < 1.29 is 23.7 Å². The van der Waals surface area contributed by atoms with Crippen LogP contribution < -0.4 is 29.6 Å². The number of carbonyl (C=O) groups excluding carboxylic acids is 1. The van der Waals surface area contributed by atoms with Gasteiger partial charge in [0.05, 0.1) is 33.6 Å². The van der Waals surface area contributed by atoms with E-state index in [1.54, 1.807) is 12.1 Å². The summed E-state index contributed by atoms with van der Waals surface area (Å²) in [5.74, 6) is 2.21. The Morgan fingerprint density at radius 3 is 2.19 bits per heavy atom. The van der Waals surface area contributed by atoms with Gasteiger partial charge in [-0.15, -0.1) is 0 Å². The summed E-state index contributed by atoms with van der Waals surface area (Å²) >= 11 is 0. The van der Waals surface area contributed by atoms with E-state index in [1.807, 2.05) is 32.0 Å². The van der Waals surface area contributed by atoms with Crippen molar-refractivity contribution in [2.45, 2.75) is 13.8 Å². The number of carbonyl (C=O) groups is 1. The van der Waals surface area contributed by atoms with E-state index in [2.05, 4.69) is 10.6 Å². The molecule has 0 bridgehead atoms. The predicted octanol–water partition coefficient (Wildman–Crippen LogP) is 3.53. The van der Waals surface area contributed by atoms with Crippen LogP contribution >= 0.6 is 0 Å². The first-order valence-corrected chi connectivity index (χ1v) is 8.53. The average molecular weight is 374 g/mol.